The molecule has 1 fully saturated rings. The molecule has 1 aromatic carbocycles. The van der Waals surface area contributed by atoms with E-state index >= 15 is 0 Å². The fraction of sp³-hybridized carbons (Fsp3) is 0.529. The molecule has 2 aliphatic carbocycles. The maximum Gasteiger partial charge on any atom is 0.00761 e. The number of allylic oxidation sites excluding steroid dienone is 1. The number of nitrogens with two attached hydrogens (primary N) is 1. The molecule has 1 nitrogen and oxygen atoms in total. The number of hydrogen-bond donors (Lipinski definition) is 1. The van der Waals surface area contributed by atoms with Crippen LogP contribution in [0.4, 0.5) is 0 Å². The van der Waals surface area contributed by atoms with E-state index in [1.54, 1.807) is 16.7 Å². The molecular weight excluding hydrogens is 218 g/mol. The van der Waals surface area contributed by atoms with Crippen molar-refractivity contribution < 1.29 is 0 Å². The van der Waals surface area contributed by atoms with Gasteiger partial charge < -0.3 is 5.73 Å². The van der Waals surface area contributed by atoms with Crippen LogP contribution in [0, 0.1) is 0 Å². The SMILES string of the molecule is NC1CCCC(=CC2CCCc3ccccc32)C1. The highest BCUT2D eigenvalue weighted by atomic mass is 14.6. The zero-order valence-corrected chi connectivity index (χ0v) is 11.1. The van der Waals surface area contributed by atoms with E-state index in [4.69, 9.17) is 5.73 Å². The summed E-state index contributed by atoms with van der Waals surface area (Å²) in [7, 11) is 0. The first-order chi connectivity index (χ1) is 8.83. The highest BCUT2D eigenvalue weighted by Crippen LogP contribution is 2.35. The van der Waals surface area contributed by atoms with Gasteiger partial charge in [-0.2, -0.15) is 0 Å². The molecule has 2 unspecified atom stereocenters. The zero-order valence-electron chi connectivity index (χ0n) is 11.1. The minimum atomic E-state index is 0.406. The number of aryl methyl sites for hydroxylation is 1. The second-order valence-electron chi connectivity index (χ2n) is 5.88. The monoisotopic (exact) mass is 241 g/mol. The predicted molar refractivity (Wildman–Crippen MR) is 76.6 cm³/mol. The molecule has 96 valence electrons. The molecule has 0 saturated heterocycles. The molecule has 0 heterocycles. The molecule has 18 heavy (non-hydrogen) atoms. The van der Waals surface area contributed by atoms with Gasteiger partial charge in [-0.25, -0.2) is 0 Å². The van der Waals surface area contributed by atoms with Gasteiger partial charge >= 0.3 is 0 Å². The Bertz CT molecular complexity index is 447. The topological polar surface area (TPSA) is 26.0 Å². The summed E-state index contributed by atoms with van der Waals surface area (Å²) in [4.78, 5) is 0. The van der Waals surface area contributed by atoms with Crippen molar-refractivity contribution in [3.8, 4) is 0 Å². The Morgan fingerprint density at radius 3 is 2.78 bits per heavy atom. The Morgan fingerprint density at radius 2 is 1.89 bits per heavy atom. The lowest BCUT2D eigenvalue weighted by atomic mass is 9.80. The van der Waals surface area contributed by atoms with Gasteiger partial charge in [0.05, 0.1) is 0 Å². The van der Waals surface area contributed by atoms with Crippen molar-refractivity contribution >= 4 is 0 Å². The quantitative estimate of drug-likeness (QED) is 0.741. The fourth-order valence-corrected chi connectivity index (χ4v) is 3.53. The molecule has 1 heteroatoms. The van der Waals surface area contributed by atoms with Gasteiger partial charge in [0.2, 0.25) is 0 Å². The van der Waals surface area contributed by atoms with Crippen LogP contribution in [0.1, 0.15) is 55.6 Å². The molecule has 0 aromatic heterocycles. The molecule has 3 rings (SSSR count). The van der Waals surface area contributed by atoms with Crippen molar-refractivity contribution in [1.82, 2.24) is 0 Å². The smallest absolute Gasteiger partial charge is 0.00761 e. The Hall–Kier alpha value is -1.08. The predicted octanol–water partition coefficient (Wildman–Crippen LogP) is 3.93. The van der Waals surface area contributed by atoms with E-state index in [1.807, 2.05) is 0 Å². The Balaban J connectivity index is 1.83. The van der Waals surface area contributed by atoms with Crippen LogP contribution >= 0.6 is 0 Å². The van der Waals surface area contributed by atoms with E-state index in [2.05, 4.69) is 30.3 Å². The van der Waals surface area contributed by atoms with Crippen molar-refractivity contribution in [1.29, 1.82) is 0 Å². The molecule has 2 aliphatic rings. The maximum atomic E-state index is 6.08. The van der Waals surface area contributed by atoms with E-state index < -0.39 is 0 Å². The Morgan fingerprint density at radius 1 is 1.06 bits per heavy atom. The molecule has 1 aromatic rings. The first-order valence-electron chi connectivity index (χ1n) is 7.36. The summed E-state index contributed by atoms with van der Waals surface area (Å²) in [6.07, 6.45) is 11.3. The summed E-state index contributed by atoms with van der Waals surface area (Å²) in [6.45, 7) is 0. The summed E-state index contributed by atoms with van der Waals surface area (Å²) < 4.78 is 0. The van der Waals surface area contributed by atoms with Gasteiger partial charge in [-0.3, -0.25) is 0 Å². The Labute approximate surface area is 110 Å². The first-order valence-corrected chi connectivity index (χ1v) is 7.36. The van der Waals surface area contributed by atoms with E-state index in [0.29, 0.717) is 12.0 Å². The van der Waals surface area contributed by atoms with Gasteiger partial charge in [-0.1, -0.05) is 35.9 Å². The van der Waals surface area contributed by atoms with Crippen LogP contribution < -0.4 is 5.73 Å². The van der Waals surface area contributed by atoms with Crippen molar-refractivity contribution in [2.45, 2.75) is 56.9 Å². The highest BCUT2D eigenvalue weighted by Gasteiger charge is 2.20. The summed E-state index contributed by atoms with van der Waals surface area (Å²) in [5.41, 5.74) is 10.8. The average molecular weight is 241 g/mol. The third kappa shape index (κ3) is 2.51. The van der Waals surface area contributed by atoms with Crippen molar-refractivity contribution in [2.75, 3.05) is 0 Å². The Kier molecular flexibility index (Phi) is 3.51. The third-order valence-corrected chi connectivity index (χ3v) is 4.45. The molecule has 0 amide bonds. The highest BCUT2D eigenvalue weighted by molar-refractivity contribution is 5.36. The molecule has 0 aliphatic heterocycles. The van der Waals surface area contributed by atoms with E-state index in [-0.39, 0.29) is 0 Å². The average Bonchev–Trinajstić information content (AvgIpc) is 2.39. The van der Waals surface area contributed by atoms with Crippen LogP contribution in [0.25, 0.3) is 0 Å². The lowest BCUT2D eigenvalue weighted by molar-refractivity contribution is 0.511. The van der Waals surface area contributed by atoms with Crippen molar-refractivity contribution in [3.63, 3.8) is 0 Å². The van der Waals surface area contributed by atoms with Crippen LogP contribution in [0.2, 0.25) is 0 Å². The van der Waals surface area contributed by atoms with Crippen LogP contribution in [0.3, 0.4) is 0 Å². The van der Waals surface area contributed by atoms with Gasteiger partial charge in [0.1, 0.15) is 0 Å². The minimum absolute atomic E-state index is 0.406. The molecule has 2 N–H and O–H groups in total. The van der Waals surface area contributed by atoms with Gasteiger partial charge in [-0.05, 0) is 56.1 Å². The summed E-state index contributed by atoms with van der Waals surface area (Å²) in [6, 6.07) is 9.38. The van der Waals surface area contributed by atoms with Gasteiger partial charge in [0.15, 0.2) is 0 Å². The van der Waals surface area contributed by atoms with Gasteiger partial charge in [0.25, 0.3) is 0 Å². The van der Waals surface area contributed by atoms with Crippen LogP contribution in [-0.4, -0.2) is 6.04 Å². The summed E-state index contributed by atoms with van der Waals surface area (Å²) >= 11 is 0. The van der Waals surface area contributed by atoms with Crippen LogP contribution in [-0.2, 0) is 6.42 Å². The molecule has 1 saturated carbocycles. The van der Waals surface area contributed by atoms with Crippen molar-refractivity contribution in [2.24, 2.45) is 5.73 Å². The number of hydrogen-bond acceptors (Lipinski definition) is 1. The summed E-state index contributed by atoms with van der Waals surface area (Å²) in [5.74, 6) is 0.648. The molecule has 0 spiro atoms. The number of rotatable bonds is 1. The normalized spacial score (nSPS) is 30.2. The van der Waals surface area contributed by atoms with E-state index in [9.17, 15) is 0 Å². The van der Waals surface area contributed by atoms with E-state index in [0.717, 1.165) is 6.42 Å². The minimum Gasteiger partial charge on any atom is -0.327 e. The zero-order chi connectivity index (χ0) is 12.4. The molecule has 0 radical (unpaired) electrons. The second kappa shape index (κ2) is 5.27. The standard InChI is InChI=1S/C17H23N/c18-16-9-3-5-13(12-16)11-15-8-4-7-14-6-1-2-10-17(14)15/h1-2,6,10-11,15-16H,3-5,7-9,12,18H2. The lowest BCUT2D eigenvalue weighted by Crippen LogP contribution is -2.24. The van der Waals surface area contributed by atoms with Crippen LogP contribution in [0.15, 0.2) is 35.9 Å². The first kappa shape index (κ1) is 12.0. The fourth-order valence-electron chi connectivity index (χ4n) is 3.53. The molecule has 2 atom stereocenters. The largest absolute Gasteiger partial charge is 0.327 e. The van der Waals surface area contributed by atoms with Crippen LogP contribution in [0.5, 0.6) is 0 Å². The molecular formula is C17H23N. The third-order valence-electron chi connectivity index (χ3n) is 4.45. The van der Waals surface area contributed by atoms with Gasteiger partial charge in [0, 0.05) is 12.0 Å². The lowest BCUT2D eigenvalue weighted by Gasteiger charge is -2.26. The van der Waals surface area contributed by atoms with Gasteiger partial charge in [-0.15, -0.1) is 0 Å². The van der Waals surface area contributed by atoms with Crippen molar-refractivity contribution in [3.05, 3.63) is 47.0 Å². The number of benzene rings is 1. The summed E-state index contributed by atoms with van der Waals surface area (Å²) in [5, 5.41) is 0. The maximum absolute atomic E-state index is 6.08. The molecule has 0 bridgehead atoms. The number of fused-ring (bicyclic) bond motifs is 1. The second-order valence-corrected chi connectivity index (χ2v) is 5.88. The van der Waals surface area contributed by atoms with E-state index in [1.165, 1.54) is 38.5 Å².